The van der Waals surface area contributed by atoms with Gasteiger partial charge in [-0.25, -0.2) is 0 Å². The molecule has 0 amide bonds. The molecule has 56 heavy (non-hydrogen) atoms. The van der Waals surface area contributed by atoms with E-state index in [1.807, 2.05) is 72.8 Å². The molecule has 0 heterocycles. The molecular weight excluding hydrogens is 816 g/mol. The quantitative estimate of drug-likeness (QED) is 0.0760. The maximum absolute atomic E-state index is 9.59. The summed E-state index contributed by atoms with van der Waals surface area (Å²) in [7, 11) is -2.92. The molecule has 3 N–H and O–H groups in total. The minimum Gasteiger partial charge on any atom is -0.392 e. The fourth-order valence-electron chi connectivity index (χ4n) is 6.79. The van der Waals surface area contributed by atoms with Crippen LogP contribution in [0.15, 0.2) is 170 Å². The Bertz CT molecular complexity index is 2390. The molecule has 0 saturated heterocycles. The molecule has 7 aromatic carbocycles. The summed E-state index contributed by atoms with van der Waals surface area (Å²) in [5.74, 6) is 19.8. The molecule has 3 nitrogen and oxygen atoms in total. The normalized spacial score (nSPS) is 10.6. The van der Waals surface area contributed by atoms with Crippen molar-refractivity contribution in [3.63, 3.8) is 0 Å². The van der Waals surface area contributed by atoms with Crippen LogP contribution in [0.25, 0.3) is 0 Å². The van der Waals surface area contributed by atoms with E-state index < -0.39 is 8.07 Å². The van der Waals surface area contributed by atoms with Gasteiger partial charge in [0.15, 0.2) is 8.07 Å². The summed E-state index contributed by atoms with van der Waals surface area (Å²) < 4.78 is 1.16. The standard InChI is InChI=1S/C51H37IO3Si/c52-47-22-30-51(31-23-47)56(48-24-16-38(17-25-48)10-13-41-4-1-7-44(32-41)35-53,49-26-18-39(19-27-49)11-14-42-5-2-8-45(33-42)36-54)50-28-20-40(21-29-50)12-15-43-6-3-9-46(34-43)37-55/h1-9,16-34,53-55H,35-37H2. The molecule has 7 aromatic rings. The summed E-state index contributed by atoms with van der Waals surface area (Å²) in [5.41, 5.74) is 7.79. The first-order chi connectivity index (χ1) is 27.5. The molecule has 0 aliphatic carbocycles. The van der Waals surface area contributed by atoms with E-state index in [1.54, 1.807) is 0 Å². The molecule has 0 atom stereocenters. The summed E-state index contributed by atoms with van der Waals surface area (Å²) in [5, 5.41) is 33.7. The number of rotatable bonds is 7. The zero-order chi connectivity index (χ0) is 38.7. The van der Waals surface area contributed by atoms with E-state index in [0.29, 0.717) is 0 Å². The van der Waals surface area contributed by atoms with Crippen LogP contribution in [0.4, 0.5) is 0 Å². The van der Waals surface area contributed by atoms with Crippen molar-refractivity contribution in [3.8, 4) is 35.5 Å². The van der Waals surface area contributed by atoms with Crippen molar-refractivity contribution in [1.29, 1.82) is 0 Å². The number of aliphatic hydroxyl groups excluding tert-OH is 3. The van der Waals surface area contributed by atoms with E-state index in [9.17, 15) is 15.3 Å². The number of aliphatic hydroxyl groups is 3. The molecule has 5 heteroatoms. The van der Waals surface area contributed by atoms with Gasteiger partial charge >= 0.3 is 0 Å². The monoisotopic (exact) mass is 852 g/mol. The minimum absolute atomic E-state index is 0.0203. The fourth-order valence-corrected chi connectivity index (χ4v) is 11.8. The molecular formula is C51H37IO3Si. The zero-order valence-electron chi connectivity index (χ0n) is 30.5. The Balaban J connectivity index is 1.34. The van der Waals surface area contributed by atoms with E-state index in [-0.39, 0.29) is 19.8 Å². The van der Waals surface area contributed by atoms with Crippen molar-refractivity contribution in [2.24, 2.45) is 0 Å². The van der Waals surface area contributed by atoms with Crippen LogP contribution in [-0.2, 0) is 19.8 Å². The fraction of sp³-hybridized carbons (Fsp3) is 0.0588. The Morgan fingerprint density at radius 2 is 0.607 bits per heavy atom. The number of hydrogen-bond acceptors (Lipinski definition) is 3. The third-order valence-electron chi connectivity index (χ3n) is 9.61. The van der Waals surface area contributed by atoms with Crippen molar-refractivity contribution >= 4 is 51.4 Å². The molecule has 0 aliphatic rings. The molecule has 0 bridgehead atoms. The molecule has 0 aromatic heterocycles. The van der Waals surface area contributed by atoms with Crippen LogP contribution in [0.2, 0.25) is 0 Å². The third-order valence-corrected chi connectivity index (χ3v) is 15.1. The van der Waals surface area contributed by atoms with Crippen molar-refractivity contribution < 1.29 is 15.3 Å². The molecule has 0 radical (unpaired) electrons. The lowest BCUT2D eigenvalue weighted by Gasteiger charge is -2.34. The van der Waals surface area contributed by atoms with Gasteiger partial charge in [-0.15, -0.1) is 0 Å². The van der Waals surface area contributed by atoms with Gasteiger partial charge in [-0.3, -0.25) is 0 Å². The third kappa shape index (κ3) is 8.94. The van der Waals surface area contributed by atoms with Crippen molar-refractivity contribution in [1.82, 2.24) is 0 Å². The van der Waals surface area contributed by atoms with Crippen molar-refractivity contribution in [3.05, 3.63) is 223 Å². The van der Waals surface area contributed by atoms with Crippen LogP contribution in [0.5, 0.6) is 0 Å². The van der Waals surface area contributed by atoms with Crippen LogP contribution < -0.4 is 20.7 Å². The SMILES string of the molecule is OCc1cccc(C#Cc2ccc([Si](c3ccc(I)cc3)(c3ccc(C#Cc4cccc(CO)c4)cc3)c3ccc(C#Cc4cccc(CO)c4)cc3)cc2)c1. The van der Waals surface area contributed by atoms with E-state index in [1.165, 1.54) is 20.7 Å². The van der Waals surface area contributed by atoms with Gasteiger partial charge < -0.3 is 15.3 Å². The maximum atomic E-state index is 9.59. The first-order valence-electron chi connectivity index (χ1n) is 18.2. The summed E-state index contributed by atoms with van der Waals surface area (Å²) in [6.45, 7) is -0.0608. The predicted molar refractivity (Wildman–Crippen MR) is 238 cm³/mol. The van der Waals surface area contributed by atoms with Gasteiger partial charge in [0, 0.05) is 37.0 Å². The highest BCUT2D eigenvalue weighted by molar-refractivity contribution is 14.1. The molecule has 7 rings (SSSR count). The van der Waals surface area contributed by atoms with Gasteiger partial charge in [-0.05, 0) is 145 Å². The Hall–Kier alpha value is -5.95. The number of halogens is 1. The van der Waals surface area contributed by atoms with E-state index in [2.05, 4.69) is 155 Å². The van der Waals surface area contributed by atoms with Crippen LogP contribution in [0.1, 0.15) is 50.1 Å². The summed E-state index contributed by atoms with van der Waals surface area (Å²) >= 11 is 2.36. The van der Waals surface area contributed by atoms with E-state index >= 15 is 0 Å². The maximum Gasteiger partial charge on any atom is 0.179 e. The highest BCUT2D eigenvalue weighted by Crippen LogP contribution is 2.15. The first kappa shape index (κ1) is 38.3. The molecule has 0 spiro atoms. The average Bonchev–Trinajstić information content (AvgIpc) is 3.26. The molecule has 0 aliphatic heterocycles. The van der Waals surface area contributed by atoms with Gasteiger partial charge in [0.2, 0.25) is 0 Å². The molecule has 0 unspecified atom stereocenters. The van der Waals surface area contributed by atoms with Crippen LogP contribution >= 0.6 is 22.6 Å². The van der Waals surface area contributed by atoms with Crippen molar-refractivity contribution in [2.75, 3.05) is 0 Å². The zero-order valence-corrected chi connectivity index (χ0v) is 33.7. The highest BCUT2D eigenvalue weighted by atomic mass is 127. The number of hydrogen-bond donors (Lipinski definition) is 3. The summed E-state index contributed by atoms with van der Waals surface area (Å²) in [4.78, 5) is 0. The lowest BCUT2D eigenvalue weighted by atomic mass is 10.1. The highest BCUT2D eigenvalue weighted by Gasteiger charge is 2.41. The summed E-state index contributed by atoms with van der Waals surface area (Å²) in [6, 6.07) is 57.9. The summed E-state index contributed by atoms with van der Waals surface area (Å²) in [6.07, 6.45) is 0. The second-order valence-corrected chi connectivity index (χ2v) is 18.4. The van der Waals surface area contributed by atoms with Gasteiger partial charge in [-0.2, -0.15) is 0 Å². The lowest BCUT2D eigenvalue weighted by Crippen LogP contribution is -2.74. The van der Waals surface area contributed by atoms with Gasteiger partial charge in [0.25, 0.3) is 0 Å². The smallest absolute Gasteiger partial charge is 0.179 e. The van der Waals surface area contributed by atoms with Crippen molar-refractivity contribution in [2.45, 2.75) is 19.8 Å². The Kier molecular flexibility index (Phi) is 12.4. The van der Waals surface area contributed by atoms with E-state index in [0.717, 1.165) is 53.6 Å². The van der Waals surface area contributed by atoms with Crippen LogP contribution in [0, 0.1) is 39.1 Å². The Morgan fingerprint density at radius 3 is 0.893 bits per heavy atom. The van der Waals surface area contributed by atoms with Crippen LogP contribution in [0.3, 0.4) is 0 Å². The predicted octanol–water partition coefficient (Wildman–Crippen LogP) is 6.34. The van der Waals surface area contributed by atoms with Gasteiger partial charge in [0.05, 0.1) is 19.8 Å². The van der Waals surface area contributed by atoms with Crippen LogP contribution in [-0.4, -0.2) is 23.4 Å². The van der Waals surface area contributed by atoms with Gasteiger partial charge in [0.1, 0.15) is 0 Å². The Morgan fingerprint density at radius 1 is 0.339 bits per heavy atom. The molecule has 270 valence electrons. The average molecular weight is 853 g/mol. The Labute approximate surface area is 343 Å². The second kappa shape index (κ2) is 18.1. The van der Waals surface area contributed by atoms with E-state index in [4.69, 9.17) is 0 Å². The molecule has 0 fully saturated rings. The lowest BCUT2D eigenvalue weighted by molar-refractivity contribution is 0.281. The number of benzene rings is 7. The molecule has 0 saturated carbocycles. The first-order valence-corrected chi connectivity index (χ1v) is 21.3. The largest absolute Gasteiger partial charge is 0.392 e. The topological polar surface area (TPSA) is 60.7 Å². The minimum atomic E-state index is -2.92. The van der Waals surface area contributed by atoms with Gasteiger partial charge in [-0.1, -0.05) is 120 Å². The second-order valence-electron chi connectivity index (χ2n) is 13.3.